The third-order valence-corrected chi connectivity index (χ3v) is 3.11. The van der Waals surface area contributed by atoms with Gasteiger partial charge in [0.2, 0.25) is 0 Å². The summed E-state index contributed by atoms with van der Waals surface area (Å²) in [6.07, 6.45) is 3.57. The van der Waals surface area contributed by atoms with Crippen molar-refractivity contribution in [1.82, 2.24) is 14.5 Å². The van der Waals surface area contributed by atoms with Gasteiger partial charge in [0.25, 0.3) is 0 Å². The lowest BCUT2D eigenvalue weighted by molar-refractivity contribution is 0.340. The average Bonchev–Trinajstić information content (AvgIpc) is 2.78. The lowest BCUT2D eigenvalue weighted by Gasteiger charge is -2.05. The summed E-state index contributed by atoms with van der Waals surface area (Å²) in [5.41, 5.74) is 3.06. The van der Waals surface area contributed by atoms with Gasteiger partial charge in [0, 0.05) is 18.8 Å². The molecule has 4 heteroatoms. The molecule has 96 valence electrons. The number of aryl methyl sites for hydroxylation is 1. The van der Waals surface area contributed by atoms with E-state index in [9.17, 15) is 0 Å². The van der Waals surface area contributed by atoms with Crippen molar-refractivity contribution in [3.8, 4) is 17.1 Å². The minimum absolute atomic E-state index is 0.678. The number of benzene rings is 1. The highest BCUT2D eigenvalue weighted by molar-refractivity contribution is 5.79. The van der Waals surface area contributed by atoms with E-state index in [1.807, 2.05) is 44.3 Å². The Hall–Kier alpha value is -2.36. The van der Waals surface area contributed by atoms with Crippen molar-refractivity contribution in [2.75, 3.05) is 6.61 Å². The summed E-state index contributed by atoms with van der Waals surface area (Å²) < 4.78 is 7.52. The second-order valence-electron chi connectivity index (χ2n) is 4.32. The van der Waals surface area contributed by atoms with Crippen molar-refractivity contribution in [1.29, 1.82) is 0 Å². The maximum Gasteiger partial charge on any atom is 0.140 e. The highest BCUT2D eigenvalue weighted by atomic mass is 16.5. The molecule has 0 saturated heterocycles. The number of hydrogen-bond acceptors (Lipinski definition) is 3. The molecule has 0 spiro atoms. The van der Waals surface area contributed by atoms with Crippen LogP contribution in [0.3, 0.4) is 0 Å². The van der Waals surface area contributed by atoms with E-state index in [4.69, 9.17) is 4.74 Å². The molecule has 0 amide bonds. The Bertz CT molecular complexity index is 701. The minimum Gasteiger partial charge on any atom is -0.494 e. The molecule has 3 aromatic rings. The van der Waals surface area contributed by atoms with Gasteiger partial charge >= 0.3 is 0 Å². The largest absolute Gasteiger partial charge is 0.494 e. The number of imidazole rings is 1. The molecule has 0 bridgehead atoms. The van der Waals surface area contributed by atoms with Crippen LogP contribution in [0.25, 0.3) is 22.4 Å². The molecule has 2 heterocycles. The first-order valence-corrected chi connectivity index (χ1v) is 6.29. The fourth-order valence-electron chi connectivity index (χ4n) is 2.18. The third-order valence-electron chi connectivity index (χ3n) is 3.11. The molecule has 1 aromatic carbocycles. The summed E-state index contributed by atoms with van der Waals surface area (Å²) in [5, 5.41) is 0. The Kier molecular flexibility index (Phi) is 2.91. The molecule has 3 rings (SSSR count). The van der Waals surface area contributed by atoms with E-state index in [1.54, 1.807) is 12.4 Å². The van der Waals surface area contributed by atoms with Gasteiger partial charge < -0.3 is 9.30 Å². The van der Waals surface area contributed by atoms with Crippen molar-refractivity contribution < 1.29 is 4.74 Å². The second-order valence-corrected chi connectivity index (χ2v) is 4.32. The van der Waals surface area contributed by atoms with Gasteiger partial charge in [-0.3, -0.25) is 4.98 Å². The van der Waals surface area contributed by atoms with Crippen LogP contribution in [0.5, 0.6) is 5.75 Å². The van der Waals surface area contributed by atoms with Gasteiger partial charge in [-0.25, -0.2) is 4.98 Å². The quantitative estimate of drug-likeness (QED) is 0.720. The van der Waals surface area contributed by atoms with Gasteiger partial charge in [-0.15, -0.1) is 0 Å². The summed E-state index contributed by atoms with van der Waals surface area (Å²) in [6, 6.07) is 9.96. The molecule has 0 unspecified atom stereocenters. The van der Waals surface area contributed by atoms with Crippen molar-refractivity contribution >= 4 is 11.0 Å². The zero-order chi connectivity index (χ0) is 13.2. The number of rotatable bonds is 3. The average molecular weight is 253 g/mol. The number of nitrogens with zero attached hydrogens (tertiary/aromatic N) is 3. The minimum atomic E-state index is 0.678. The molecule has 0 aliphatic carbocycles. The first kappa shape index (κ1) is 11.7. The molecule has 0 N–H and O–H groups in total. The molecule has 0 aliphatic rings. The maximum absolute atomic E-state index is 5.45. The predicted octanol–water partition coefficient (Wildman–Crippen LogP) is 3.03. The van der Waals surface area contributed by atoms with E-state index in [2.05, 4.69) is 14.5 Å². The normalized spacial score (nSPS) is 10.8. The topological polar surface area (TPSA) is 39.9 Å². The fourth-order valence-corrected chi connectivity index (χ4v) is 2.18. The van der Waals surface area contributed by atoms with Crippen molar-refractivity contribution in [2.24, 2.45) is 7.05 Å². The Morgan fingerprint density at radius 3 is 2.63 bits per heavy atom. The van der Waals surface area contributed by atoms with Crippen LogP contribution in [0.15, 0.2) is 42.7 Å². The molecule has 0 fully saturated rings. The standard InChI is InChI=1S/C15H15N3O/c1-3-19-12-6-4-11(5-7-12)15-17-13-10-16-9-8-14(13)18(15)2/h4-10H,3H2,1-2H3. The van der Waals surface area contributed by atoms with Crippen LogP contribution in [0.2, 0.25) is 0 Å². The van der Waals surface area contributed by atoms with Gasteiger partial charge in [0.1, 0.15) is 17.1 Å². The van der Waals surface area contributed by atoms with Crippen molar-refractivity contribution in [2.45, 2.75) is 6.92 Å². The molecule has 2 aromatic heterocycles. The second kappa shape index (κ2) is 4.72. The third kappa shape index (κ3) is 2.05. The molecule has 0 saturated carbocycles. The highest BCUT2D eigenvalue weighted by Gasteiger charge is 2.09. The van der Waals surface area contributed by atoms with E-state index in [1.165, 1.54) is 0 Å². The summed E-state index contributed by atoms with van der Waals surface area (Å²) in [5.74, 6) is 1.82. The fraction of sp³-hybridized carbons (Fsp3) is 0.200. The van der Waals surface area contributed by atoms with E-state index >= 15 is 0 Å². The SMILES string of the molecule is CCOc1ccc(-c2nc3cnccc3n2C)cc1. The van der Waals surface area contributed by atoms with Crippen molar-refractivity contribution in [3.63, 3.8) is 0 Å². The van der Waals surface area contributed by atoms with Crippen LogP contribution >= 0.6 is 0 Å². The Labute approximate surface area is 111 Å². The van der Waals surface area contributed by atoms with Gasteiger partial charge in [-0.2, -0.15) is 0 Å². The van der Waals surface area contributed by atoms with Crippen LogP contribution < -0.4 is 4.74 Å². The number of ether oxygens (including phenoxy) is 1. The highest BCUT2D eigenvalue weighted by Crippen LogP contribution is 2.24. The van der Waals surface area contributed by atoms with Gasteiger partial charge in [-0.1, -0.05) is 0 Å². The molecule has 0 atom stereocenters. The molecule has 4 nitrogen and oxygen atoms in total. The molecular weight excluding hydrogens is 238 g/mol. The van der Waals surface area contributed by atoms with E-state index in [-0.39, 0.29) is 0 Å². The summed E-state index contributed by atoms with van der Waals surface area (Å²) in [6.45, 7) is 2.66. The molecule has 0 aliphatic heterocycles. The summed E-state index contributed by atoms with van der Waals surface area (Å²) in [7, 11) is 2.02. The Morgan fingerprint density at radius 2 is 1.95 bits per heavy atom. The van der Waals surface area contributed by atoms with Gasteiger partial charge in [0.05, 0.1) is 18.3 Å². The zero-order valence-electron chi connectivity index (χ0n) is 11.0. The summed E-state index contributed by atoms with van der Waals surface area (Å²) in [4.78, 5) is 8.72. The van der Waals surface area contributed by atoms with Crippen LogP contribution in [0.1, 0.15) is 6.92 Å². The van der Waals surface area contributed by atoms with Crippen LogP contribution in [0, 0.1) is 0 Å². The lowest BCUT2D eigenvalue weighted by atomic mass is 10.2. The van der Waals surface area contributed by atoms with Crippen LogP contribution in [-0.4, -0.2) is 21.1 Å². The van der Waals surface area contributed by atoms with E-state index in [0.717, 1.165) is 28.2 Å². The van der Waals surface area contributed by atoms with Crippen LogP contribution in [0.4, 0.5) is 0 Å². The Balaban J connectivity index is 2.06. The first-order valence-electron chi connectivity index (χ1n) is 6.29. The number of hydrogen-bond donors (Lipinski definition) is 0. The summed E-state index contributed by atoms with van der Waals surface area (Å²) >= 11 is 0. The van der Waals surface area contributed by atoms with Crippen LogP contribution in [-0.2, 0) is 7.05 Å². The lowest BCUT2D eigenvalue weighted by Crippen LogP contribution is -1.94. The van der Waals surface area contributed by atoms with Gasteiger partial charge in [0.15, 0.2) is 0 Å². The smallest absolute Gasteiger partial charge is 0.140 e. The maximum atomic E-state index is 5.45. The number of aromatic nitrogens is 3. The van der Waals surface area contributed by atoms with E-state index in [0.29, 0.717) is 6.61 Å². The van der Waals surface area contributed by atoms with Gasteiger partial charge in [-0.05, 0) is 37.3 Å². The zero-order valence-corrected chi connectivity index (χ0v) is 11.0. The molecular formula is C15H15N3O. The van der Waals surface area contributed by atoms with E-state index < -0.39 is 0 Å². The first-order chi connectivity index (χ1) is 9.29. The Morgan fingerprint density at radius 1 is 1.16 bits per heavy atom. The number of fused-ring (bicyclic) bond motifs is 1. The molecule has 0 radical (unpaired) electrons. The molecule has 19 heavy (non-hydrogen) atoms. The van der Waals surface area contributed by atoms with Crippen molar-refractivity contribution in [3.05, 3.63) is 42.7 Å². The predicted molar refractivity (Wildman–Crippen MR) is 75.1 cm³/mol. The monoisotopic (exact) mass is 253 g/mol. The number of pyridine rings is 1.